The van der Waals surface area contributed by atoms with Gasteiger partial charge in [-0.05, 0) is 44.1 Å². The lowest BCUT2D eigenvalue weighted by Crippen LogP contribution is -2.25. The van der Waals surface area contributed by atoms with E-state index < -0.39 is 0 Å². The molecule has 0 spiro atoms. The van der Waals surface area contributed by atoms with Crippen LogP contribution in [0.4, 0.5) is 15.8 Å². The largest absolute Gasteiger partial charge is 0.379 e. The molecule has 1 atom stereocenters. The van der Waals surface area contributed by atoms with Crippen molar-refractivity contribution in [1.29, 1.82) is 0 Å². The highest BCUT2D eigenvalue weighted by atomic mass is 19.1. The van der Waals surface area contributed by atoms with Crippen LogP contribution >= 0.6 is 0 Å². The van der Waals surface area contributed by atoms with Gasteiger partial charge < -0.3 is 15.5 Å². The Labute approximate surface area is 112 Å². The van der Waals surface area contributed by atoms with Crippen molar-refractivity contribution in [3.05, 3.63) is 23.5 Å². The lowest BCUT2D eigenvalue weighted by atomic mass is 10.0. The van der Waals surface area contributed by atoms with E-state index in [2.05, 4.69) is 22.6 Å². The van der Waals surface area contributed by atoms with Crippen molar-refractivity contribution in [2.45, 2.75) is 25.3 Å². The van der Waals surface area contributed by atoms with Crippen molar-refractivity contribution in [2.75, 3.05) is 30.8 Å². The quantitative estimate of drug-likeness (QED) is 0.855. The Balaban J connectivity index is 1.81. The van der Waals surface area contributed by atoms with Crippen molar-refractivity contribution in [3.8, 4) is 0 Å². The molecule has 5 heteroatoms. The standard InChI is InChI=1S/C14H18FN3O/c1-18-5-4-10(8-18)16-13-7-12-9(6-11(13)15)2-3-14(19)17-12/h6-7,10,16H,2-5,8H2,1H3,(H,17,19). The summed E-state index contributed by atoms with van der Waals surface area (Å²) in [6.45, 7) is 1.95. The van der Waals surface area contributed by atoms with E-state index in [1.807, 2.05) is 0 Å². The third kappa shape index (κ3) is 2.56. The third-order valence-electron chi connectivity index (χ3n) is 3.84. The van der Waals surface area contributed by atoms with E-state index in [4.69, 9.17) is 0 Å². The summed E-state index contributed by atoms with van der Waals surface area (Å²) in [5.41, 5.74) is 2.11. The Morgan fingerprint density at radius 2 is 2.26 bits per heavy atom. The number of hydrogen-bond donors (Lipinski definition) is 2. The number of carbonyl (C=O) groups excluding carboxylic acids is 1. The molecule has 0 bridgehead atoms. The predicted octanol–water partition coefficient (Wildman–Crippen LogP) is 1.83. The van der Waals surface area contributed by atoms with Gasteiger partial charge >= 0.3 is 0 Å². The second kappa shape index (κ2) is 4.81. The first-order chi connectivity index (χ1) is 9.11. The van der Waals surface area contributed by atoms with Gasteiger partial charge in [-0.3, -0.25) is 4.79 Å². The van der Waals surface area contributed by atoms with Crippen LogP contribution < -0.4 is 10.6 Å². The first-order valence-electron chi connectivity index (χ1n) is 6.69. The molecule has 3 rings (SSSR count). The van der Waals surface area contributed by atoms with Crippen molar-refractivity contribution in [1.82, 2.24) is 4.90 Å². The molecule has 2 N–H and O–H groups in total. The van der Waals surface area contributed by atoms with Crippen LogP contribution in [-0.2, 0) is 11.2 Å². The van der Waals surface area contributed by atoms with Crippen LogP contribution in [0, 0.1) is 5.82 Å². The molecule has 1 aromatic rings. The molecule has 1 amide bonds. The van der Waals surface area contributed by atoms with Gasteiger partial charge in [0, 0.05) is 24.7 Å². The average molecular weight is 263 g/mol. The molecule has 2 heterocycles. The summed E-state index contributed by atoms with van der Waals surface area (Å²) < 4.78 is 14.0. The van der Waals surface area contributed by atoms with Gasteiger partial charge in [-0.15, -0.1) is 0 Å². The van der Waals surface area contributed by atoms with Gasteiger partial charge in [0.1, 0.15) is 5.82 Å². The normalized spacial score (nSPS) is 23.1. The zero-order chi connectivity index (χ0) is 13.4. The first kappa shape index (κ1) is 12.4. The van der Waals surface area contributed by atoms with Gasteiger partial charge in [-0.25, -0.2) is 4.39 Å². The molecular formula is C14H18FN3O. The zero-order valence-electron chi connectivity index (χ0n) is 11.0. The molecule has 2 aliphatic rings. The summed E-state index contributed by atoms with van der Waals surface area (Å²) >= 11 is 0. The van der Waals surface area contributed by atoms with E-state index in [1.165, 1.54) is 6.07 Å². The molecule has 1 unspecified atom stereocenters. The number of carbonyl (C=O) groups is 1. The number of aryl methyl sites for hydroxylation is 1. The van der Waals surface area contributed by atoms with Crippen LogP contribution in [0.3, 0.4) is 0 Å². The van der Waals surface area contributed by atoms with Crippen molar-refractivity contribution < 1.29 is 9.18 Å². The molecule has 1 fully saturated rings. The molecule has 4 nitrogen and oxygen atoms in total. The number of anilines is 2. The highest BCUT2D eigenvalue weighted by molar-refractivity contribution is 5.94. The minimum absolute atomic E-state index is 0.00524. The lowest BCUT2D eigenvalue weighted by molar-refractivity contribution is -0.116. The summed E-state index contributed by atoms with van der Waals surface area (Å²) in [5.74, 6) is -0.227. The smallest absolute Gasteiger partial charge is 0.224 e. The summed E-state index contributed by atoms with van der Waals surface area (Å²) in [4.78, 5) is 13.6. The van der Waals surface area contributed by atoms with Crippen LogP contribution in [0.25, 0.3) is 0 Å². The maximum Gasteiger partial charge on any atom is 0.224 e. The molecule has 1 saturated heterocycles. The fourth-order valence-corrected chi connectivity index (χ4v) is 2.78. The van der Waals surface area contributed by atoms with E-state index in [1.54, 1.807) is 6.07 Å². The fraction of sp³-hybridized carbons (Fsp3) is 0.500. The number of halogens is 1. The van der Waals surface area contributed by atoms with Gasteiger partial charge in [0.2, 0.25) is 5.91 Å². The second-order valence-electron chi connectivity index (χ2n) is 5.43. The summed E-state index contributed by atoms with van der Waals surface area (Å²) in [6, 6.07) is 3.53. The highest BCUT2D eigenvalue weighted by Gasteiger charge is 2.22. The van der Waals surface area contributed by atoms with Gasteiger partial charge in [-0.1, -0.05) is 0 Å². The lowest BCUT2D eigenvalue weighted by Gasteiger charge is -2.20. The van der Waals surface area contributed by atoms with Crippen molar-refractivity contribution in [2.24, 2.45) is 0 Å². The Bertz CT molecular complexity index is 518. The topological polar surface area (TPSA) is 44.4 Å². The van der Waals surface area contributed by atoms with E-state index in [9.17, 15) is 9.18 Å². The molecule has 19 heavy (non-hydrogen) atoms. The number of likely N-dealkylation sites (tertiary alicyclic amines) is 1. The number of likely N-dealkylation sites (N-methyl/N-ethyl adjacent to an activating group) is 1. The van der Waals surface area contributed by atoms with E-state index in [0.29, 0.717) is 18.5 Å². The predicted molar refractivity (Wildman–Crippen MR) is 72.9 cm³/mol. The monoisotopic (exact) mass is 263 g/mol. The number of nitrogens with one attached hydrogen (secondary N) is 2. The minimum atomic E-state index is -0.232. The average Bonchev–Trinajstić information content (AvgIpc) is 2.76. The maximum absolute atomic E-state index is 14.0. The van der Waals surface area contributed by atoms with Crippen LogP contribution in [0.1, 0.15) is 18.4 Å². The number of benzene rings is 1. The highest BCUT2D eigenvalue weighted by Crippen LogP contribution is 2.29. The number of fused-ring (bicyclic) bond motifs is 1. The van der Waals surface area contributed by atoms with Gasteiger partial charge in [-0.2, -0.15) is 0 Å². The van der Waals surface area contributed by atoms with Crippen LogP contribution in [-0.4, -0.2) is 37.0 Å². The zero-order valence-corrected chi connectivity index (χ0v) is 11.0. The summed E-state index contributed by atoms with van der Waals surface area (Å²) in [6.07, 6.45) is 2.07. The Hall–Kier alpha value is -1.62. The van der Waals surface area contributed by atoms with E-state index >= 15 is 0 Å². The Morgan fingerprint density at radius 3 is 3.00 bits per heavy atom. The molecule has 1 aromatic carbocycles. The Kier molecular flexibility index (Phi) is 3.14. The fourth-order valence-electron chi connectivity index (χ4n) is 2.78. The third-order valence-corrected chi connectivity index (χ3v) is 3.84. The van der Waals surface area contributed by atoms with Gasteiger partial charge in [0.25, 0.3) is 0 Å². The van der Waals surface area contributed by atoms with Gasteiger partial charge in [0.15, 0.2) is 0 Å². The minimum Gasteiger partial charge on any atom is -0.379 e. The number of amides is 1. The molecule has 0 radical (unpaired) electrons. The summed E-state index contributed by atoms with van der Waals surface area (Å²) in [5, 5.41) is 6.04. The molecular weight excluding hydrogens is 245 g/mol. The van der Waals surface area contributed by atoms with E-state index in [-0.39, 0.29) is 17.8 Å². The second-order valence-corrected chi connectivity index (χ2v) is 5.43. The SMILES string of the molecule is CN1CCC(Nc2cc3c(cc2F)CCC(=O)N3)C1. The number of nitrogens with zero attached hydrogens (tertiary/aromatic N) is 1. The maximum atomic E-state index is 14.0. The molecule has 0 aliphatic carbocycles. The number of hydrogen-bond acceptors (Lipinski definition) is 3. The first-order valence-corrected chi connectivity index (χ1v) is 6.69. The van der Waals surface area contributed by atoms with Gasteiger partial charge in [0.05, 0.1) is 5.69 Å². The molecule has 0 aromatic heterocycles. The molecule has 0 saturated carbocycles. The van der Waals surface area contributed by atoms with Crippen LogP contribution in [0.15, 0.2) is 12.1 Å². The summed E-state index contributed by atoms with van der Waals surface area (Å²) in [7, 11) is 2.06. The van der Waals surface area contributed by atoms with Crippen molar-refractivity contribution in [3.63, 3.8) is 0 Å². The van der Waals surface area contributed by atoms with Crippen LogP contribution in [0.2, 0.25) is 0 Å². The number of rotatable bonds is 2. The van der Waals surface area contributed by atoms with E-state index in [0.717, 1.165) is 30.8 Å². The Morgan fingerprint density at radius 1 is 1.42 bits per heavy atom. The van der Waals surface area contributed by atoms with Crippen molar-refractivity contribution >= 4 is 17.3 Å². The molecule has 102 valence electrons. The molecule has 2 aliphatic heterocycles. The van der Waals surface area contributed by atoms with Crippen LogP contribution in [0.5, 0.6) is 0 Å².